The second-order valence-electron chi connectivity index (χ2n) is 6.63. The number of rotatable bonds is 6. The Morgan fingerprint density at radius 3 is 2.48 bits per heavy atom. The molecule has 0 bridgehead atoms. The molecule has 1 saturated carbocycles. The molecule has 0 unspecified atom stereocenters. The summed E-state index contributed by atoms with van der Waals surface area (Å²) < 4.78 is 0. The number of hydrogen-bond donors (Lipinski definition) is 1. The lowest BCUT2D eigenvalue weighted by Gasteiger charge is -2.19. The summed E-state index contributed by atoms with van der Waals surface area (Å²) in [6, 6.07) is 7.00. The molecule has 0 radical (unpaired) electrons. The summed E-state index contributed by atoms with van der Waals surface area (Å²) in [5.41, 5.74) is 6.54. The number of primary amides is 1. The maximum atomic E-state index is 12.5. The van der Waals surface area contributed by atoms with Gasteiger partial charge < -0.3 is 10.6 Å². The highest BCUT2D eigenvalue weighted by Crippen LogP contribution is 2.29. The number of nitrogens with two attached hydrogens (primary N) is 1. The molecule has 1 aromatic carbocycles. The van der Waals surface area contributed by atoms with Crippen LogP contribution in [0.25, 0.3) is 0 Å². The van der Waals surface area contributed by atoms with Crippen LogP contribution in [-0.4, -0.2) is 36.5 Å². The number of urea groups is 1. The fourth-order valence-corrected chi connectivity index (χ4v) is 3.71. The molecule has 1 aromatic rings. The summed E-state index contributed by atoms with van der Waals surface area (Å²) in [6.07, 6.45) is 7.84. The molecule has 3 rings (SSSR count). The van der Waals surface area contributed by atoms with Crippen LogP contribution in [0.1, 0.15) is 48.9 Å². The summed E-state index contributed by atoms with van der Waals surface area (Å²) in [7, 11) is 0. The van der Waals surface area contributed by atoms with Crippen LogP contribution in [0, 0.1) is 5.92 Å². The summed E-state index contributed by atoms with van der Waals surface area (Å²) >= 11 is 0. The third kappa shape index (κ3) is 3.66. The monoisotopic (exact) mass is 315 g/mol. The van der Waals surface area contributed by atoms with Crippen LogP contribution in [0.3, 0.4) is 0 Å². The van der Waals surface area contributed by atoms with Gasteiger partial charge in [0.05, 0.1) is 0 Å². The molecule has 2 N–H and O–H groups in total. The lowest BCUT2D eigenvalue weighted by Crippen LogP contribution is -2.32. The van der Waals surface area contributed by atoms with Crippen LogP contribution < -0.4 is 10.6 Å². The van der Waals surface area contributed by atoms with Crippen molar-refractivity contribution in [3.63, 3.8) is 0 Å². The van der Waals surface area contributed by atoms with E-state index in [0.717, 1.165) is 31.1 Å². The number of anilines is 1. The second kappa shape index (κ2) is 7.02. The molecule has 1 aliphatic carbocycles. The Morgan fingerprint density at radius 1 is 1.13 bits per heavy atom. The summed E-state index contributed by atoms with van der Waals surface area (Å²) in [5, 5.41) is 0. The Morgan fingerprint density at radius 2 is 1.83 bits per heavy atom. The number of carbonyl (C=O) groups is 2. The quantitative estimate of drug-likeness (QED) is 0.877. The third-order valence-electron chi connectivity index (χ3n) is 5.07. The van der Waals surface area contributed by atoms with Crippen LogP contribution in [-0.2, 0) is 0 Å². The average Bonchev–Trinajstić information content (AvgIpc) is 3.18. The molecule has 0 atom stereocenters. The maximum Gasteiger partial charge on any atom is 0.324 e. The smallest absolute Gasteiger partial charge is 0.324 e. The van der Waals surface area contributed by atoms with E-state index in [1.807, 2.05) is 4.90 Å². The SMILES string of the molecule is NC(=O)c1ccc(N2CCN(CCCC3CCCC3)C2=O)cc1. The minimum atomic E-state index is -0.446. The molecular weight excluding hydrogens is 290 g/mol. The fourth-order valence-electron chi connectivity index (χ4n) is 3.71. The highest BCUT2D eigenvalue weighted by molar-refractivity contribution is 5.96. The van der Waals surface area contributed by atoms with Crippen molar-refractivity contribution >= 4 is 17.6 Å². The second-order valence-corrected chi connectivity index (χ2v) is 6.63. The Hall–Kier alpha value is -2.04. The summed E-state index contributed by atoms with van der Waals surface area (Å²) in [6.45, 7) is 2.34. The summed E-state index contributed by atoms with van der Waals surface area (Å²) in [5.74, 6) is 0.433. The molecule has 1 aliphatic heterocycles. The topological polar surface area (TPSA) is 66.6 Å². The van der Waals surface area contributed by atoms with E-state index in [4.69, 9.17) is 5.73 Å². The first-order valence-corrected chi connectivity index (χ1v) is 8.61. The van der Waals surface area contributed by atoms with E-state index in [0.29, 0.717) is 12.1 Å². The van der Waals surface area contributed by atoms with E-state index in [-0.39, 0.29) is 6.03 Å². The van der Waals surface area contributed by atoms with Crippen LogP contribution in [0.4, 0.5) is 10.5 Å². The van der Waals surface area contributed by atoms with Gasteiger partial charge >= 0.3 is 6.03 Å². The van der Waals surface area contributed by atoms with Gasteiger partial charge in [0.25, 0.3) is 0 Å². The largest absolute Gasteiger partial charge is 0.366 e. The van der Waals surface area contributed by atoms with Gasteiger partial charge in [-0.25, -0.2) is 4.79 Å². The molecule has 1 saturated heterocycles. The van der Waals surface area contributed by atoms with E-state index in [2.05, 4.69) is 0 Å². The number of amides is 3. The van der Waals surface area contributed by atoms with Gasteiger partial charge in [-0.2, -0.15) is 0 Å². The number of hydrogen-bond acceptors (Lipinski definition) is 2. The van der Waals surface area contributed by atoms with Gasteiger partial charge in [0.15, 0.2) is 0 Å². The first-order chi connectivity index (χ1) is 11.1. The number of benzene rings is 1. The Bertz CT molecular complexity index is 564. The van der Waals surface area contributed by atoms with Crippen molar-refractivity contribution in [2.75, 3.05) is 24.5 Å². The Balaban J connectivity index is 1.52. The zero-order valence-electron chi connectivity index (χ0n) is 13.5. The molecule has 0 spiro atoms. The van der Waals surface area contributed by atoms with Gasteiger partial charge in [0, 0.05) is 30.9 Å². The van der Waals surface area contributed by atoms with Crippen LogP contribution in [0.5, 0.6) is 0 Å². The Labute approximate surface area is 137 Å². The van der Waals surface area contributed by atoms with Gasteiger partial charge in [-0.3, -0.25) is 9.69 Å². The molecule has 23 heavy (non-hydrogen) atoms. The van der Waals surface area contributed by atoms with Gasteiger partial charge in [-0.15, -0.1) is 0 Å². The van der Waals surface area contributed by atoms with Gasteiger partial charge in [0.2, 0.25) is 5.91 Å². The Kier molecular flexibility index (Phi) is 4.84. The standard InChI is InChI=1S/C18H25N3O2/c19-17(22)15-7-9-16(10-8-15)21-13-12-20(18(21)23)11-3-6-14-4-1-2-5-14/h7-10,14H,1-6,11-13H2,(H2,19,22). The van der Waals surface area contributed by atoms with Gasteiger partial charge in [-0.05, 0) is 43.0 Å². The molecule has 5 nitrogen and oxygen atoms in total. The van der Waals surface area contributed by atoms with E-state index in [9.17, 15) is 9.59 Å². The number of nitrogens with zero attached hydrogens (tertiary/aromatic N) is 2. The van der Waals surface area contributed by atoms with Crippen molar-refractivity contribution in [2.24, 2.45) is 11.7 Å². The minimum absolute atomic E-state index is 0.0725. The molecule has 5 heteroatoms. The maximum absolute atomic E-state index is 12.5. The van der Waals surface area contributed by atoms with E-state index in [1.54, 1.807) is 29.2 Å². The zero-order chi connectivity index (χ0) is 16.2. The molecule has 1 heterocycles. The first kappa shape index (κ1) is 15.8. The van der Waals surface area contributed by atoms with Crippen molar-refractivity contribution in [1.82, 2.24) is 4.90 Å². The van der Waals surface area contributed by atoms with E-state index in [1.165, 1.54) is 32.1 Å². The van der Waals surface area contributed by atoms with Crippen molar-refractivity contribution in [1.29, 1.82) is 0 Å². The van der Waals surface area contributed by atoms with E-state index >= 15 is 0 Å². The lowest BCUT2D eigenvalue weighted by atomic mass is 10.0. The molecule has 3 amide bonds. The van der Waals surface area contributed by atoms with Crippen molar-refractivity contribution in [2.45, 2.75) is 38.5 Å². The normalized spacial score (nSPS) is 18.9. The molecule has 2 aliphatic rings. The van der Waals surface area contributed by atoms with Crippen molar-refractivity contribution in [3.8, 4) is 0 Å². The predicted octanol–water partition coefficient (Wildman–Crippen LogP) is 3.00. The van der Waals surface area contributed by atoms with Crippen molar-refractivity contribution in [3.05, 3.63) is 29.8 Å². The zero-order valence-corrected chi connectivity index (χ0v) is 13.5. The van der Waals surface area contributed by atoms with E-state index < -0.39 is 5.91 Å². The third-order valence-corrected chi connectivity index (χ3v) is 5.07. The highest BCUT2D eigenvalue weighted by Gasteiger charge is 2.29. The van der Waals surface area contributed by atoms with Crippen molar-refractivity contribution < 1.29 is 9.59 Å². The molecular formula is C18H25N3O2. The highest BCUT2D eigenvalue weighted by atomic mass is 16.2. The van der Waals surface area contributed by atoms with Crippen LogP contribution in [0.2, 0.25) is 0 Å². The van der Waals surface area contributed by atoms with Crippen LogP contribution in [0.15, 0.2) is 24.3 Å². The number of carbonyl (C=O) groups excluding carboxylic acids is 2. The summed E-state index contributed by atoms with van der Waals surface area (Å²) in [4.78, 5) is 27.3. The minimum Gasteiger partial charge on any atom is -0.366 e. The fraction of sp³-hybridized carbons (Fsp3) is 0.556. The average molecular weight is 315 g/mol. The lowest BCUT2D eigenvalue weighted by molar-refractivity contribution is 0.100. The van der Waals surface area contributed by atoms with Gasteiger partial charge in [-0.1, -0.05) is 25.7 Å². The molecule has 124 valence electrons. The molecule has 0 aromatic heterocycles. The van der Waals surface area contributed by atoms with Gasteiger partial charge in [0.1, 0.15) is 0 Å². The molecule has 2 fully saturated rings. The predicted molar refractivity (Wildman–Crippen MR) is 90.5 cm³/mol. The first-order valence-electron chi connectivity index (χ1n) is 8.61. The van der Waals surface area contributed by atoms with Crippen LogP contribution >= 0.6 is 0 Å².